The van der Waals surface area contributed by atoms with Gasteiger partial charge in [0.25, 0.3) is 5.91 Å². The summed E-state index contributed by atoms with van der Waals surface area (Å²) in [7, 11) is 0. The van der Waals surface area contributed by atoms with Gasteiger partial charge < -0.3 is 10.2 Å². The predicted octanol–water partition coefficient (Wildman–Crippen LogP) is 4.14. The van der Waals surface area contributed by atoms with E-state index >= 15 is 0 Å². The molecule has 7 heteroatoms. The highest BCUT2D eigenvalue weighted by atomic mass is 32.1. The Kier molecular flexibility index (Phi) is 6.83. The smallest absolute Gasteiger partial charge is 0.251 e. The van der Waals surface area contributed by atoms with Crippen molar-refractivity contribution in [2.24, 2.45) is 0 Å². The molecule has 5 rings (SSSR count). The van der Waals surface area contributed by atoms with Crippen molar-refractivity contribution >= 4 is 33.3 Å². The van der Waals surface area contributed by atoms with Crippen LogP contribution in [0.25, 0.3) is 10.8 Å². The number of amides is 1. The van der Waals surface area contributed by atoms with Gasteiger partial charge in [-0.1, -0.05) is 66.2 Å². The number of rotatable bonds is 7. The molecule has 1 amide bonds. The molecule has 0 unspecified atom stereocenters. The summed E-state index contributed by atoms with van der Waals surface area (Å²) >= 11 is 1.49. The molecule has 1 aliphatic rings. The Hall–Kier alpha value is -3.29. The molecule has 0 aliphatic carbocycles. The largest absolute Gasteiger partial charge is 0.351 e. The van der Waals surface area contributed by atoms with E-state index in [0.717, 1.165) is 66.4 Å². The van der Waals surface area contributed by atoms with Crippen LogP contribution in [0.15, 0.2) is 66.7 Å². The zero-order valence-electron chi connectivity index (χ0n) is 19.4. The first-order valence-corrected chi connectivity index (χ1v) is 12.5. The van der Waals surface area contributed by atoms with Gasteiger partial charge in [-0.05, 0) is 29.3 Å². The van der Waals surface area contributed by atoms with E-state index in [2.05, 4.69) is 50.7 Å². The van der Waals surface area contributed by atoms with E-state index in [1.807, 2.05) is 42.5 Å². The fourth-order valence-corrected chi connectivity index (χ4v) is 5.08. The number of hydrogen-bond donors (Lipinski definition) is 1. The van der Waals surface area contributed by atoms with Crippen LogP contribution in [-0.2, 0) is 6.42 Å². The molecule has 1 N–H and O–H groups in total. The Morgan fingerprint density at radius 3 is 2.56 bits per heavy atom. The van der Waals surface area contributed by atoms with Gasteiger partial charge in [-0.15, -0.1) is 0 Å². The molecule has 0 saturated carbocycles. The molecule has 2 heterocycles. The number of carbonyl (C=O) groups excluding carboxylic acids is 1. The van der Waals surface area contributed by atoms with Gasteiger partial charge in [0.15, 0.2) is 0 Å². The summed E-state index contributed by atoms with van der Waals surface area (Å²) in [6.45, 7) is 7.35. The van der Waals surface area contributed by atoms with Crippen LogP contribution in [0.3, 0.4) is 0 Å². The molecular formula is C27H29N5OS. The van der Waals surface area contributed by atoms with E-state index in [0.29, 0.717) is 6.54 Å². The standard InChI is InChI=1S/C27H29N5OS/c1-20-9-11-21(12-10-20)19-25-29-27(34-30-25)32-17-15-31(16-18-32)14-13-28-26(33)24-8-4-6-22-5-2-3-7-23(22)24/h2-12H,13-19H2,1H3,(H,28,33). The number of nitrogens with one attached hydrogen (secondary N) is 1. The van der Waals surface area contributed by atoms with E-state index in [4.69, 9.17) is 4.98 Å². The molecule has 4 aromatic rings. The number of anilines is 1. The van der Waals surface area contributed by atoms with Crippen LogP contribution in [-0.4, -0.2) is 59.4 Å². The number of aromatic nitrogens is 2. The lowest BCUT2D eigenvalue weighted by Crippen LogP contribution is -2.48. The molecule has 0 radical (unpaired) electrons. The lowest BCUT2D eigenvalue weighted by Gasteiger charge is -2.34. The topological polar surface area (TPSA) is 61.4 Å². The second-order valence-corrected chi connectivity index (χ2v) is 9.50. The second kappa shape index (κ2) is 10.3. The van der Waals surface area contributed by atoms with Gasteiger partial charge in [-0.25, -0.2) is 4.98 Å². The first kappa shape index (κ1) is 22.5. The zero-order valence-corrected chi connectivity index (χ0v) is 20.2. The highest BCUT2D eigenvalue weighted by molar-refractivity contribution is 7.09. The molecule has 174 valence electrons. The first-order chi connectivity index (χ1) is 16.7. The van der Waals surface area contributed by atoms with E-state index in [9.17, 15) is 4.79 Å². The van der Waals surface area contributed by atoms with Gasteiger partial charge in [0, 0.05) is 62.8 Å². The fourth-order valence-electron chi connectivity index (χ4n) is 4.34. The maximum atomic E-state index is 12.7. The van der Waals surface area contributed by atoms with Crippen LogP contribution in [0.4, 0.5) is 5.13 Å². The van der Waals surface area contributed by atoms with E-state index in [-0.39, 0.29) is 5.91 Å². The van der Waals surface area contributed by atoms with Crippen LogP contribution in [0.1, 0.15) is 27.3 Å². The van der Waals surface area contributed by atoms with Crippen molar-refractivity contribution in [1.29, 1.82) is 0 Å². The predicted molar refractivity (Wildman–Crippen MR) is 139 cm³/mol. The molecule has 0 bridgehead atoms. The minimum absolute atomic E-state index is 0.00889. The van der Waals surface area contributed by atoms with Crippen LogP contribution < -0.4 is 10.2 Å². The van der Waals surface area contributed by atoms with Crippen molar-refractivity contribution in [3.63, 3.8) is 0 Å². The van der Waals surface area contributed by atoms with Crippen molar-refractivity contribution in [2.45, 2.75) is 13.3 Å². The molecule has 0 atom stereocenters. The van der Waals surface area contributed by atoms with Crippen LogP contribution in [0, 0.1) is 6.92 Å². The summed E-state index contributed by atoms with van der Waals surface area (Å²) in [5.74, 6) is 0.882. The van der Waals surface area contributed by atoms with Crippen molar-refractivity contribution in [3.05, 3.63) is 89.2 Å². The monoisotopic (exact) mass is 471 g/mol. The third kappa shape index (κ3) is 5.26. The molecule has 1 saturated heterocycles. The number of hydrogen-bond acceptors (Lipinski definition) is 6. The summed E-state index contributed by atoms with van der Waals surface area (Å²) in [4.78, 5) is 22.2. The molecule has 1 aromatic heterocycles. The zero-order chi connectivity index (χ0) is 23.3. The number of piperazine rings is 1. The number of benzene rings is 3. The summed E-state index contributed by atoms with van der Waals surface area (Å²) in [6.07, 6.45) is 0.771. The first-order valence-electron chi connectivity index (χ1n) is 11.8. The number of fused-ring (bicyclic) bond motifs is 1. The van der Waals surface area contributed by atoms with Crippen molar-refractivity contribution in [1.82, 2.24) is 19.6 Å². The van der Waals surface area contributed by atoms with E-state index < -0.39 is 0 Å². The Bertz CT molecular complexity index is 1260. The van der Waals surface area contributed by atoms with Gasteiger partial charge in [0.2, 0.25) is 5.13 Å². The van der Waals surface area contributed by atoms with Crippen molar-refractivity contribution in [3.8, 4) is 0 Å². The molecule has 1 fully saturated rings. The Morgan fingerprint density at radius 1 is 0.971 bits per heavy atom. The summed E-state index contributed by atoms with van der Waals surface area (Å²) < 4.78 is 4.58. The summed E-state index contributed by atoms with van der Waals surface area (Å²) in [5.41, 5.74) is 3.24. The highest BCUT2D eigenvalue weighted by Crippen LogP contribution is 2.21. The average molecular weight is 472 g/mol. The highest BCUT2D eigenvalue weighted by Gasteiger charge is 2.20. The van der Waals surface area contributed by atoms with Gasteiger partial charge >= 0.3 is 0 Å². The molecule has 1 aliphatic heterocycles. The minimum Gasteiger partial charge on any atom is -0.351 e. The third-order valence-electron chi connectivity index (χ3n) is 6.33. The SMILES string of the molecule is Cc1ccc(Cc2nsc(N3CCN(CCNC(=O)c4cccc5ccccc45)CC3)n2)cc1. The normalized spacial score (nSPS) is 14.4. The molecule has 34 heavy (non-hydrogen) atoms. The maximum absolute atomic E-state index is 12.7. The van der Waals surface area contributed by atoms with Gasteiger partial charge in [-0.2, -0.15) is 4.37 Å². The Balaban J connectivity index is 1.08. The summed E-state index contributed by atoms with van der Waals surface area (Å²) in [6, 6.07) is 22.4. The van der Waals surface area contributed by atoms with Crippen LogP contribution in [0.2, 0.25) is 0 Å². The van der Waals surface area contributed by atoms with Gasteiger partial charge in [-0.3, -0.25) is 9.69 Å². The van der Waals surface area contributed by atoms with Gasteiger partial charge in [0.1, 0.15) is 5.82 Å². The lowest BCUT2D eigenvalue weighted by atomic mass is 10.0. The van der Waals surface area contributed by atoms with E-state index in [1.54, 1.807) is 0 Å². The van der Waals surface area contributed by atoms with Crippen LogP contribution >= 0.6 is 11.5 Å². The third-order valence-corrected chi connectivity index (χ3v) is 7.15. The Morgan fingerprint density at radius 2 is 1.74 bits per heavy atom. The summed E-state index contributed by atoms with van der Waals surface area (Å²) in [5, 5.41) is 6.19. The van der Waals surface area contributed by atoms with Crippen molar-refractivity contribution < 1.29 is 4.79 Å². The van der Waals surface area contributed by atoms with Gasteiger partial charge in [0.05, 0.1) is 0 Å². The fraction of sp³-hybridized carbons (Fsp3) is 0.296. The second-order valence-electron chi connectivity index (χ2n) is 8.77. The molecule has 0 spiro atoms. The molecule has 3 aromatic carbocycles. The average Bonchev–Trinajstić information content (AvgIpc) is 3.34. The van der Waals surface area contributed by atoms with E-state index in [1.165, 1.54) is 22.7 Å². The number of aryl methyl sites for hydroxylation is 1. The molecule has 6 nitrogen and oxygen atoms in total. The van der Waals surface area contributed by atoms with Crippen LogP contribution in [0.5, 0.6) is 0 Å². The number of carbonyl (C=O) groups is 1. The quantitative estimate of drug-likeness (QED) is 0.439. The number of nitrogens with zero attached hydrogens (tertiary/aromatic N) is 4. The molecular weight excluding hydrogens is 442 g/mol. The maximum Gasteiger partial charge on any atom is 0.251 e. The Labute approximate surface area is 204 Å². The minimum atomic E-state index is -0.00889. The van der Waals surface area contributed by atoms with Crippen molar-refractivity contribution in [2.75, 3.05) is 44.2 Å². The lowest BCUT2D eigenvalue weighted by molar-refractivity contribution is 0.0949.